The van der Waals surface area contributed by atoms with Gasteiger partial charge < -0.3 is 19.5 Å². The third-order valence-corrected chi connectivity index (χ3v) is 4.53. The molecular formula is C17H23NO5. The number of carbonyl (C=O) groups is 2. The van der Waals surface area contributed by atoms with Gasteiger partial charge in [0, 0.05) is 20.2 Å². The summed E-state index contributed by atoms with van der Waals surface area (Å²) in [4.78, 5) is 25.9. The third-order valence-electron chi connectivity index (χ3n) is 4.53. The van der Waals surface area contributed by atoms with Crippen LogP contribution in [0.2, 0.25) is 0 Å². The Balaban J connectivity index is 2.09. The topological polar surface area (TPSA) is 76.1 Å². The first-order chi connectivity index (χ1) is 10.9. The second kappa shape index (κ2) is 7.00. The predicted molar refractivity (Wildman–Crippen MR) is 84.6 cm³/mol. The van der Waals surface area contributed by atoms with Crippen LogP contribution in [-0.2, 0) is 14.3 Å². The summed E-state index contributed by atoms with van der Waals surface area (Å²) in [6.45, 7) is 2.58. The van der Waals surface area contributed by atoms with Gasteiger partial charge in [-0.2, -0.15) is 0 Å². The smallest absolute Gasteiger partial charge is 0.313 e. The van der Waals surface area contributed by atoms with Gasteiger partial charge in [0.1, 0.15) is 11.2 Å². The molecule has 0 aliphatic carbocycles. The first-order valence-electron chi connectivity index (χ1n) is 7.58. The molecule has 6 heteroatoms. The number of carboxylic acids is 1. The van der Waals surface area contributed by atoms with Crippen molar-refractivity contribution in [2.75, 3.05) is 33.9 Å². The van der Waals surface area contributed by atoms with Crippen LogP contribution in [0.3, 0.4) is 0 Å². The van der Waals surface area contributed by atoms with E-state index in [0.717, 1.165) is 11.3 Å². The van der Waals surface area contributed by atoms with Gasteiger partial charge in [0.25, 0.3) is 0 Å². The Morgan fingerprint density at radius 3 is 2.48 bits per heavy atom. The van der Waals surface area contributed by atoms with Crippen LogP contribution < -0.4 is 4.74 Å². The number of carbonyl (C=O) groups excluding carboxylic acids is 1. The average Bonchev–Trinajstić information content (AvgIpc) is 2.99. The molecule has 1 N–H and O–H groups in total. The average molecular weight is 321 g/mol. The Morgan fingerprint density at radius 1 is 1.30 bits per heavy atom. The van der Waals surface area contributed by atoms with Gasteiger partial charge >= 0.3 is 5.97 Å². The number of aliphatic carboxylic acids is 1. The molecule has 2 atom stereocenters. The zero-order chi connectivity index (χ0) is 17.0. The molecule has 0 unspecified atom stereocenters. The van der Waals surface area contributed by atoms with E-state index in [-0.39, 0.29) is 25.0 Å². The standard InChI is InChI=1S/C17H23NO5/c1-12(13-4-6-14(23-3)7-5-13)15(19)18-9-8-17(10-18,11-22-2)16(20)21/h4-7,12H,8-11H2,1-3H3,(H,20,21)/t12-,17-/m0/s1. The van der Waals surface area contributed by atoms with Crippen LogP contribution >= 0.6 is 0 Å². The highest BCUT2D eigenvalue weighted by atomic mass is 16.5. The fraction of sp³-hybridized carbons (Fsp3) is 0.529. The van der Waals surface area contributed by atoms with Crippen molar-refractivity contribution in [2.45, 2.75) is 19.3 Å². The van der Waals surface area contributed by atoms with Crippen LogP contribution in [0.4, 0.5) is 0 Å². The van der Waals surface area contributed by atoms with Crippen molar-refractivity contribution in [3.63, 3.8) is 0 Å². The van der Waals surface area contributed by atoms with Crippen molar-refractivity contribution in [2.24, 2.45) is 5.41 Å². The zero-order valence-corrected chi connectivity index (χ0v) is 13.7. The zero-order valence-electron chi connectivity index (χ0n) is 13.7. The van der Waals surface area contributed by atoms with Gasteiger partial charge in [0.2, 0.25) is 5.91 Å². The SMILES string of the molecule is COC[C@]1(C(=O)O)CCN(C(=O)[C@@H](C)c2ccc(OC)cc2)C1. The molecular weight excluding hydrogens is 298 g/mol. The maximum absolute atomic E-state index is 12.7. The molecule has 1 amide bonds. The predicted octanol–water partition coefficient (Wildman–Crippen LogP) is 1.75. The highest BCUT2D eigenvalue weighted by molar-refractivity contribution is 5.85. The molecule has 2 rings (SSSR count). The van der Waals surface area contributed by atoms with Gasteiger partial charge in [-0.3, -0.25) is 9.59 Å². The van der Waals surface area contributed by atoms with E-state index >= 15 is 0 Å². The maximum Gasteiger partial charge on any atom is 0.313 e. The van der Waals surface area contributed by atoms with Crippen LogP contribution in [0.5, 0.6) is 5.75 Å². The molecule has 1 saturated heterocycles. The minimum atomic E-state index is -0.996. The Morgan fingerprint density at radius 2 is 1.96 bits per heavy atom. The quantitative estimate of drug-likeness (QED) is 0.864. The summed E-state index contributed by atoms with van der Waals surface area (Å²) < 4.78 is 10.2. The van der Waals surface area contributed by atoms with Crippen LogP contribution in [0.25, 0.3) is 0 Å². The molecule has 0 spiro atoms. The molecule has 0 bridgehead atoms. The lowest BCUT2D eigenvalue weighted by molar-refractivity contribution is -0.151. The molecule has 1 heterocycles. The normalized spacial score (nSPS) is 22.0. The summed E-state index contributed by atoms with van der Waals surface area (Å²) in [5, 5.41) is 9.48. The third kappa shape index (κ3) is 3.47. The molecule has 1 aromatic rings. The summed E-state index contributed by atoms with van der Waals surface area (Å²) in [7, 11) is 3.07. The van der Waals surface area contributed by atoms with Crippen molar-refractivity contribution in [3.05, 3.63) is 29.8 Å². The number of carboxylic acid groups (broad SMARTS) is 1. The van der Waals surface area contributed by atoms with E-state index in [1.807, 2.05) is 31.2 Å². The second-order valence-corrected chi connectivity index (χ2v) is 6.02. The van der Waals surface area contributed by atoms with Crippen molar-refractivity contribution in [1.82, 2.24) is 4.90 Å². The molecule has 1 aliphatic rings. The number of nitrogens with zero attached hydrogens (tertiary/aromatic N) is 1. The molecule has 126 valence electrons. The van der Waals surface area contributed by atoms with Crippen LogP contribution in [-0.4, -0.2) is 55.8 Å². The first kappa shape index (κ1) is 17.3. The largest absolute Gasteiger partial charge is 0.497 e. The van der Waals surface area contributed by atoms with Crippen LogP contribution in [0.15, 0.2) is 24.3 Å². The van der Waals surface area contributed by atoms with E-state index in [4.69, 9.17) is 9.47 Å². The minimum absolute atomic E-state index is 0.0607. The number of likely N-dealkylation sites (tertiary alicyclic amines) is 1. The van der Waals surface area contributed by atoms with E-state index in [9.17, 15) is 14.7 Å². The lowest BCUT2D eigenvalue weighted by Gasteiger charge is -2.25. The Hall–Kier alpha value is -2.08. The Kier molecular flexibility index (Phi) is 5.26. The lowest BCUT2D eigenvalue weighted by atomic mass is 9.88. The molecule has 0 saturated carbocycles. The fourth-order valence-electron chi connectivity index (χ4n) is 3.00. The van der Waals surface area contributed by atoms with E-state index < -0.39 is 11.4 Å². The molecule has 0 radical (unpaired) electrons. The lowest BCUT2D eigenvalue weighted by Crippen LogP contribution is -2.41. The van der Waals surface area contributed by atoms with Gasteiger partial charge in [-0.1, -0.05) is 12.1 Å². The highest BCUT2D eigenvalue weighted by Gasteiger charge is 2.47. The summed E-state index contributed by atoms with van der Waals surface area (Å²) in [5.74, 6) is -0.561. The maximum atomic E-state index is 12.7. The molecule has 23 heavy (non-hydrogen) atoms. The van der Waals surface area contributed by atoms with Crippen molar-refractivity contribution >= 4 is 11.9 Å². The molecule has 1 aromatic carbocycles. The second-order valence-electron chi connectivity index (χ2n) is 6.02. The number of hydrogen-bond donors (Lipinski definition) is 1. The number of ether oxygens (including phenoxy) is 2. The molecule has 1 aliphatic heterocycles. The monoisotopic (exact) mass is 321 g/mol. The number of hydrogen-bond acceptors (Lipinski definition) is 4. The van der Waals surface area contributed by atoms with Gasteiger partial charge in [-0.15, -0.1) is 0 Å². The highest BCUT2D eigenvalue weighted by Crippen LogP contribution is 2.33. The number of rotatable bonds is 6. The van der Waals surface area contributed by atoms with Gasteiger partial charge in [0.15, 0.2) is 0 Å². The molecule has 1 fully saturated rings. The van der Waals surface area contributed by atoms with Crippen molar-refractivity contribution in [1.29, 1.82) is 0 Å². The molecule has 0 aromatic heterocycles. The summed E-state index contributed by atoms with van der Waals surface area (Å²) in [5.41, 5.74) is -0.111. The Labute approximate surface area is 136 Å². The summed E-state index contributed by atoms with van der Waals surface area (Å²) >= 11 is 0. The number of methoxy groups -OCH3 is 2. The van der Waals surface area contributed by atoms with E-state index in [0.29, 0.717) is 13.0 Å². The minimum Gasteiger partial charge on any atom is -0.497 e. The van der Waals surface area contributed by atoms with Crippen molar-refractivity contribution in [3.8, 4) is 5.75 Å². The first-order valence-corrected chi connectivity index (χ1v) is 7.58. The number of amides is 1. The summed E-state index contributed by atoms with van der Waals surface area (Å²) in [6.07, 6.45) is 0.414. The fourth-order valence-corrected chi connectivity index (χ4v) is 3.00. The molecule has 6 nitrogen and oxygen atoms in total. The Bertz CT molecular complexity index is 571. The van der Waals surface area contributed by atoms with Crippen LogP contribution in [0, 0.1) is 5.41 Å². The van der Waals surface area contributed by atoms with Gasteiger partial charge in [-0.05, 0) is 31.0 Å². The van der Waals surface area contributed by atoms with E-state index in [1.54, 1.807) is 12.0 Å². The number of benzene rings is 1. The van der Waals surface area contributed by atoms with Crippen molar-refractivity contribution < 1.29 is 24.2 Å². The van der Waals surface area contributed by atoms with Crippen LogP contribution in [0.1, 0.15) is 24.8 Å². The summed E-state index contributed by atoms with van der Waals surface area (Å²) in [6, 6.07) is 7.35. The van der Waals surface area contributed by atoms with Gasteiger partial charge in [0.05, 0.1) is 19.6 Å². The van der Waals surface area contributed by atoms with E-state index in [1.165, 1.54) is 7.11 Å². The van der Waals surface area contributed by atoms with E-state index in [2.05, 4.69) is 0 Å². The van der Waals surface area contributed by atoms with Gasteiger partial charge in [-0.25, -0.2) is 0 Å².